The van der Waals surface area contributed by atoms with Gasteiger partial charge in [-0.15, -0.1) is 5.10 Å². The van der Waals surface area contributed by atoms with Crippen LogP contribution in [0.25, 0.3) is 11.4 Å². The number of aromatic nitrogens is 4. The van der Waals surface area contributed by atoms with Crippen LogP contribution >= 0.6 is 0 Å². The highest BCUT2D eigenvalue weighted by Crippen LogP contribution is 2.27. The summed E-state index contributed by atoms with van der Waals surface area (Å²) in [5.74, 6) is 2.44. The van der Waals surface area contributed by atoms with Gasteiger partial charge in [0.05, 0.1) is 12.8 Å². The van der Waals surface area contributed by atoms with E-state index in [1.54, 1.807) is 13.2 Å². The largest absolute Gasteiger partial charge is 0.495 e. The number of methoxy groups -OCH3 is 1. The van der Waals surface area contributed by atoms with Crippen molar-refractivity contribution in [3.8, 4) is 17.1 Å². The van der Waals surface area contributed by atoms with Gasteiger partial charge in [0.1, 0.15) is 5.75 Å². The number of anilines is 1. The maximum atomic E-state index is 5.83. The smallest absolute Gasteiger partial charge is 0.182 e. The fourth-order valence-corrected chi connectivity index (χ4v) is 1.87. The quantitative estimate of drug-likeness (QED) is 0.846. The van der Waals surface area contributed by atoms with Crippen molar-refractivity contribution in [3.05, 3.63) is 18.2 Å². The molecule has 0 radical (unpaired) electrons. The highest BCUT2D eigenvalue weighted by molar-refractivity contribution is 5.65. The van der Waals surface area contributed by atoms with Crippen molar-refractivity contribution < 1.29 is 4.74 Å². The molecule has 2 rings (SSSR count). The molecule has 0 aliphatic rings. The molecule has 20 heavy (non-hydrogen) atoms. The second-order valence-corrected chi connectivity index (χ2v) is 5.36. The lowest BCUT2D eigenvalue weighted by atomic mass is 9.98. The van der Waals surface area contributed by atoms with Gasteiger partial charge >= 0.3 is 0 Å². The van der Waals surface area contributed by atoms with E-state index in [1.165, 1.54) is 0 Å². The van der Waals surface area contributed by atoms with Gasteiger partial charge in [0.2, 0.25) is 0 Å². The van der Waals surface area contributed by atoms with E-state index in [-0.39, 0.29) is 0 Å². The van der Waals surface area contributed by atoms with Crippen LogP contribution in [-0.4, -0.2) is 27.3 Å². The van der Waals surface area contributed by atoms with Gasteiger partial charge in [0, 0.05) is 12.1 Å². The van der Waals surface area contributed by atoms with Crippen molar-refractivity contribution in [1.29, 1.82) is 0 Å². The molecular formula is C14H21N5O. The average Bonchev–Trinajstić information content (AvgIpc) is 2.87. The van der Waals surface area contributed by atoms with Gasteiger partial charge in [-0.05, 0) is 40.5 Å². The van der Waals surface area contributed by atoms with Crippen LogP contribution in [0.1, 0.15) is 20.8 Å². The van der Waals surface area contributed by atoms with Gasteiger partial charge in [0.25, 0.3) is 0 Å². The number of hydrogen-bond acceptors (Lipinski definition) is 5. The molecule has 2 N–H and O–H groups in total. The van der Waals surface area contributed by atoms with Gasteiger partial charge < -0.3 is 10.5 Å². The van der Waals surface area contributed by atoms with Crippen LogP contribution in [0.2, 0.25) is 0 Å². The zero-order valence-corrected chi connectivity index (χ0v) is 12.4. The van der Waals surface area contributed by atoms with Crippen molar-refractivity contribution in [2.45, 2.75) is 27.3 Å². The van der Waals surface area contributed by atoms with Crippen molar-refractivity contribution in [1.82, 2.24) is 20.2 Å². The Hall–Kier alpha value is -2.11. The molecule has 1 unspecified atom stereocenters. The summed E-state index contributed by atoms with van der Waals surface area (Å²) < 4.78 is 7.07. The molecular weight excluding hydrogens is 254 g/mol. The van der Waals surface area contributed by atoms with E-state index >= 15 is 0 Å². The Morgan fingerprint density at radius 2 is 2.05 bits per heavy atom. The number of nitrogens with zero attached hydrogens (tertiary/aromatic N) is 4. The van der Waals surface area contributed by atoms with Gasteiger partial charge in [-0.2, -0.15) is 0 Å². The van der Waals surface area contributed by atoms with Crippen molar-refractivity contribution in [2.24, 2.45) is 11.8 Å². The topological polar surface area (TPSA) is 78.9 Å². The summed E-state index contributed by atoms with van der Waals surface area (Å²) in [5, 5.41) is 12.0. The molecule has 108 valence electrons. The maximum absolute atomic E-state index is 5.83. The minimum absolute atomic E-state index is 0.493. The first-order chi connectivity index (χ1) is 9.52. The van der Waals surface area contributed by atoms with Crippen molar-refractivity contribution in [3.63, 3.8) is 0 Å². The van der Waals surface area contributed by atoms with Crippen LogP contribution in [0.5, 0.6) is 5.75 Å². The monoisotopic (exact) mass is 275 g/mol. The third-order valence-corrected chi connectivity index (χ3v) is 3.62. The van der Waals surface area contributed by atoms with Crippen LogP contribution in [0.4, 0.5) is 5.69 Å². The molecule has 0 saturated heterocycles. The lowest BCUT2D eigenvalue weighted by molar-refractivity contribution is 0.347. The van der Waals surface area contributed by atoms with E-state index in [2.05, 4.69) is 36.3 Å². The Kier molecular flexibility index (Phi) is 4.22. The molecule has 6 heteroatoms. The van der Waals surface area contributed by atoms with Crippen LogP contribution in [0, 0.1) is 11.8 Å². The second-order valence-electron chi connectivity index (χ2n) is 5.36. The first-order valence-electron chi connectivity index (χ1n) is 6.73. The Balaban J connectivity index is 2.32. The van der Waals surface area contributed by atoms with E-state index in [0.717, 1.165) is 17.9 Å². The van der Waals surface area contributed by atoms with Crippen molar-refractivity contribution >= 4 is 5.69 Å². The predicted molar refractivity (Wildman–Crippen MR) is 78.2 cm³/mol. The predicted octanol–water partition coefficient (Wildman–Crippen LogP) is 2.22. The Morgan fingerprint density at radius 1 is 1.30 bits per heavy atom. The van der Waals surface area contributed by atoms with Crippen LogP contribution in [0.3, 0.4) is 0 Å². The Bertz CT molecular complexity index is 579. The summed E-state index contributed by atoms with van der Waals surface area (Å²) in [4.78, 5) is 0. The molecule has 0 spiro atoms. The molecule has 0 bridgehead atoms. The molecule has 2 aromatic rings. The molecule has 1 heterocycles. The SMILES string of the molecule is COc1cc(-c2nnnn2CC(C)C(C)C)ccc1N. The molecule has 0 saturated carbocycles. The van der Waals surface area contributed by atoms with E-state index < -0.39 is 0 Å². The summed E-state index contributed by atoms with van der Waals surface area (Å²) in [6.07, 6.45) is 0. The highest BCUT2D eigenvalue weighted by atomic mass is 16.5. The molecule has 6 nitrogen and oxygen atoms in total. The lowest BCUT2D eigenvalue weighted by Gasteiger charge is -2.16. The highest BCUT2D eigenvalue weighted by Gasteiger charge is 2.15. The molecule has 0 fully saturated rings. The fraction of sp³-hybridized carbons (Fsp3) is 0.500. The minimum atomic E-state index is 0.493. The van der Waals surface area contributed by atoms with E-state index in [4.69, 9.17) is 10.5 Å². The van der Waals surface area contributed by atoms with E-state index in [0.29, 0.717) is 23.3 Å². The third kappa shape index (κ3) is 2.89. The van der Waals surface area contributed by atoms with Crippen LogP contribution < -0.4 is 10.5 Å². The molecule has 0 aliphatic heterocycles. The first-order valence-corrected chi connectivity index (χ1v) is 6.73. The molecule has 0 amide bonds. The average molecular weight is 275 g/mol. The normalized spacial score (nSPS) is 12.7. The van der Waals surface area contributed by atoms with Crippen LogP contribution in [0.15, 0.2) is 18.2 Å². The van der Waals surface area contributed by atoms with Gasteiger partial charge in [0.15, 0.2) is 5.82 Å². The van der Waals surface area contributed by atoms with Crippen LogP contribution in [-0.2, 0) is 6.54 Å². The number of nitrogens with two attached hydrogens (primary N) is 1. The number of rotatable bonds is 5. The molecule has 1 atom stereocenters. The standard InChI is InChI=1S/C14H21N5O/c1-9(2)10(3)8-19-14(16-17-18-19)11-5-6-12(15)13(7-11)20-4/h5-7,9-10H,8,15H2,1-4H3. The summed E-state index contributed by atoms with van der Waals surface area (Å²) in [5.41, 5.74) is 7.33. The number of tetrazole rings is 1. The van der Waals surface area contributed by atoms with Gasteiger partial charge in [-0.1, -0.05) is 20.8 Å². The number of nitrogen functional groups attached to an aromatic ring is 1. The fourth-order valence-electron chi connectivity index (χ4n) is 1.87. The molecule has 1 aromatic heterocycles. The maximum Gasteiger partial charge on any atom is 0.182 e. The molecule has 0 aliphatic carbocycles. The van der Waals surface area contributed by atoms with E-state index in [1.807, 2.05) is 16.8 Å². The molecule has 1 aromatic carbocycles. The summed E-state index contributed by atoms with van der Waals surface area (Å²) in [6, 6.07) is 5.57. The van der Waals surface area contributed by atoms with Gasteiger partial charge in [-0.3, -0.25) is 0 Å². The Labute approximate surface area is 118 Å². The first kappa shape index (κ1) is 14.3. The Morgan fingerprint density at radius 3 is 2.70 bits per heavy atom. The third-order valence-electron chi connectivity index (χ3n) is 3.62. The van der Waals surface area contributed by atoms with Gasteiger partial charge in [-0.25, -0.2) is 4.68 Å². The van der Waals surface area contributed by atoms with E-state index in [9.17, 15) is 0 Å². The minimum Gasteiger partial charge on any atom is -0.495 e. The lowest BCUT2D eigenvalue weighted by Crippen LogP contribution is -2.15. The zero-order valence-electron chi connectivity index (χ0n) is 12.4. The summed E-state index contributed by atoms with van der Waals surface area (Å²) in [6.45, 7) is 7.37. The summed E-state index contributed by atoms with van der Waals surface area (Å²) >= 11 is 0. The zero-order chi connectivity index (χ0) is 14.7. The van der Waals surface area contributed by atoms with Crippen molar-refractivity contribution in [2.75, 3.05) is 12.8 Å². The number of benzene rings is 1. The number of ether oxygens (including phenoxy) is 1. The number of hydrogen-bond donors (Lipinski definition) is 1. The summed E-state index contributed by atoms with van der Waals surface area (Å²) in [7, 11) is 1.60. The second kappa shape index (κ2) is 5.90.